The van der Waals surface area contributed by atoms with Crippen molar-refractivity contribution >= 4 is 17.0 Å². The van der Waals surface area contributed by atoms with Gasteiger partial charge in [-0.3, -0.25) is 14.9 Å². The van der Waals surface area contributed by atoms with Gasteiger partial charge in [0.25, 0.3) is 0 Å². The van der Waals surface area contributed by atoms with E-state index in [0.29, 0.717) is 0 Å². The molecule has 2 aromatic heterocycles. The molecule has 106 valence electrons. The van der Waals surface area contributed by atoms with E-state index >= 15 is 0 Å². The van der Waals surface area contributed by atoms with Crippen molar-refractivity contribution in [2.24, 2.45) is 0 Å². The van der Waals surface area contributed by atoms with Crippen LogP contribution in [-0.2, 0) is 11.3 Å². The van der Waals surface area contributed by atoms with Crippen LogP contribution in [-0.4, -0.2) is 34.6 Å². The Balaban J connectivity index is 1.71. The van der Waals surface area contributed by atoms with Crippen molar-refractivity contribution in [2.45, 2.75) is 19.6 Å². The third-order valence-electron chi connectivity index (χ3n) is 3.34. The van der Waals surface area contributed by atoms with E-state index in [1.165, 1.54) is 4.88 Å². The highest BCUT2D eigenvalue weighted by molar-refractivity contribution is 7.09. The summed E-state index contributed by atoms with van der Waals surface area (Å²) in [5, 5.41) is 0. The van der Waals surface area contributed by atoms with E-state index in [2.05, 4.69) is 14.9 Å². The highest BCUT2D eigenvalue weighted by Crippen LogP contribution is 2.24. The lowest BCUT2D eigenvalue weighted by atomic mass is 10.1. The SMILES string of the molecule is Cc1cc(N)cc([C@H]2CN(Cc3cncs3)CCO2)n1. The van der Waals surface area contributed by atoms with Gasteiger partial charge in [-0.15, -0.1) is 11.3 Å². The maximum atomic E-state index is 5.89. The number of anilines is 1. The molecule has 3 heterocycles. The normalized spacial score (nSPS) is 20.1. The van der Waals surface area contributed by atoms with Gasteiger partial charge in [-0.25, -0.2) is 0 Å². The highest BCUT2D eigenvalue weighted by atomic mass is 32.1. The standard InChI is InChI=1S/C14H18N4OS/c1-10-4-11(15)5-13(17-10)14-8-18(2-3-19-14)7-12-6-16-9-20-12/h4-6,9,14H,2-3,7-8H2,1H3,(H2,15,17)/t14-/m1/s1. The Kier molecular flexibility index (Phi) is 3.95. The maximum absolute atomic E-state index is 5.89. The van der Waals surface area contributed by atoms with Crippen LogP contribution in [0.2, 0.25) is 0 Å². The molecule has 1 fully saturated rings. The molecule has 1 saturated heterocycles. The van der Waals surface area contributed by atoms with Gasteiger partial charge in [0.2, 0.25) is 0 Å². The molecule has 5 nitrogen and oxygen atoms in total. The van der Waals surface area contributed by atoms with E-state index in [4.69, 9.17) is 10.5 Å². The predicted octanol–water partition coefficient (Wildman–Crippen LogP) is 2.00. The lowest BCUT2D eigenvalue weighted by Gasteiger charge is -2.32. The van der Waals surface area contributed by atoms with Crippen LogP contribution in [0.15, 0.2) is 23.8 Å². The molecule has 0 spiro atoms. The monoisotopic (exact) mass is 290 g/mol. The van der Waals surface area contributed by atoms with Crippen molar-refractivity contribution in [3.8, 4) is 0 Å². The van der Waals surface area contributed by atoms with Gasteiger partial charge in [-0.2, -0.15) is 0 Å². The van der Waals surface area contributed by atoms with Gasteiger partial charge >= 0.3 is 0 Å². The summed E-state index contributed by atoms with van der Waals surface area (Å²) in [5.41, 5.74) is 10.4. The quantitative estimate of drug-likeness (QED) is 0.936. The van der Waals surface area contributed by atoms with E-state index in [-0.39, 0.29) is 6.10 Å². The van der Waals surface area contributed by atoms with Gasteiger partial charge in [0, 0.05) is 42.1 Å². The van der Waals surface area contributed by atoms with Crippen LogP contribution in [0.1, 0.15) is 22.4 Å². The molecule has 0 aliphatic carbocycles. The molecule has 2 N–H and O–H groups in total. The van der Waals surface area contributed by atoms with Crippen LogP contribution in [0.5, 0.6) is 0 Å². The third-order valence-corrected chi connectivity index (χ3v) is 4.10. The highest BCUT2D eigenvalue weighted by Gasteiger charge is 2.23. The summed E-state index contributed by atoms with van der Waals surface area (Å²) in [7, 11) is 0. The zero-order valence-electron chi connectivity index (χ0n) is 11.5. The van der Waals surface area contributed by atoms with E-state index in [1.54, 1.807) is 11.3 Å². The van der Waals surface area contributed by atoms with Crippen molar-refractivity contribution in [2.75, 3.05) is 25.4 Å². The number of nitrogens with two attached hydrogens (primary N) is 1. The summed E-state index contributed by atoms with van der Waals surface area (Å²) in [6.45, 7) is 5.38. The molecule has 20 heavy (non-hydrogen) atoms. The molecule has 0 aromatic carbocycles. The number of rotatable bonds is 3. The average Bonchev–Trinajstić information content (AvgIpc) is 2.91. The fourth-order valence-electron chi connectivity index (χ4n) is 2.45. The Bertz CT molecular complexity index is 552. The summed E-state index contributed by atoms with van der Waals surface area (Å²) in [5.74, 6) is 0. The number of thiazole rings is 1. The van der Waals surface area contributed by atoms with Crippen molar-refractivity contribution in [3.05, 3.63) is 40.1 Å². The van der Waals surface area contributed by atoms with Crippen molar-refractivity contribution in [3.63, 3.8) is 0 Å². The minimum atomic E-state index is -0.00104. The summed E-state index contributed by atoms with van der Waals surface area (Å²) in [6.07, 6.45) is 1.93. The number of hydrogen-bond acceptors (Lipinski definition) is 6. The van der Waals surface area contributed by atoms with E-state index in [9.17, 15) is 0 Å². The lowest BCUT2D eigenvalue weighted by molar-refractivity contribution is -0.0347. The van der Waals surface area contributed by atoms with E-state index in [1.807, 2.05) is 30.8 Å². The maximum Gasteiger partial charge on any atom is 0.112 e. The van der Waals surface area contributed by atoms with E-state index < -0.39 is 0 Å². The smallest absolute Gasteiger partial charge is 0.112 e. The Labute approximate surface area is 122 Å². The molecule has 3 rings (SSSR count). The van der Waals surface area contributed by atoms with Crippen LogP contribution in [0.4, 0.5) is 5.69 Å². The van der Waals surface area contributed by atoms with Crippen LogP contribution in [0, 0.1) is 6.92 Å². The molecule has 0 amide bonds. The predicted molar refractivity (Wildman–Crippen MR) is 79.5 cm³/mol. The summed E-state index contributed by atoms with van der Waals surface area (Å²) in [4.78, 5) is 12.3. The van der Waals surface area contributed by atoms with Gasteiger partial charge < -0.3 is 10.5 Å². The lowest BCUT2D eigenvalue weighted by Crippen LogP contribution is -2.38. The topological polar surface area (TPSA) is 64.3 Å². The Hall–Kier alpha value is -1.50. The molecule has 1 aliphatic rings. The first-order chi connectivity index (χ1) is 9.70. The summed E-state index contributed by atoms with van der Waals surface area (Å²) < 4.78 is 5.85. The second-order valence-corrected chi connectivity index (χ2v) is 6.00. The summed E-state index contributed by atoms with van der Waals surface area (Å²) in [6, 6.07) is 3.79. The van der Waals surface area contributed by atoms with Crippen LogP contribution in [0.25, 0.3) is 0 Å². The number of nitrogen functional groups attached to an aromatic ring is 1. The number of hydrogen-bond donors (Lipinski definition) is 1. The first kappa shape index (κ1) is 13.5. The second kappa shape index (κ2) is 5.87. The Morgan fingerprint density at radius 3 is 3.15 bits per heavy atom. The Morgan fingerprint density at radius 2 is 2.40 bits per heavy atom. The van der Waals surface area contributed by atoms with Gasteiger partial charge in [0.15, 0.2) is 0 Å². The van der Waals surface area contributed by atoms with Crippen molar-refractivity contribution < 1.29 is 4.74 Å². The molecule has 0 radical (unpaired) electrons. The fraction of sp³-hybridized carbons (Fsp3) is 0.429. The molecule has 0 unspecified atom stereocenters. The molecule has 2 aromatic rings. The molecule has 1 atom stereocenters. The van der Waals surface area contributed by atoms with Crippen molar-refractivity contribution in [1.29, 1.82) is 0 Å². The van der Waals surface area contributed by atoms with Gasteiger partial charge in [0.05, 0.1) is 17.8 Å². The molecule has 0 saturated carbocycles. The largest absolute Gasteiger partial charge is 0.399 e. The molecule has 6 heteroatoms. The van der Waals surface area contributed by atoms with Crippen LogP contribution in [0.3, 0.4) is 0 Å². The number of aromatic nitrogens is 2. The first-order valence-corrected chi connectivity index (χ1v) is 7.54. The number of morpholine rings is 1. The van der Waals surface area contributed by atoms with Crippen LogP contribution >= 0.6 is 11.3 Å². The van der Waals surface area contributed by atoms with Crippen LogP contribution < -0.4 is 5.73 Å². The van der Waals surface area contributed by atoms with Gasteiger partial charge in [-0.1, -0.05) is 0 Å². The number of pyridine rings is 1. The number of aryl methyl sites for hydroxylation is 1. The number of nitrogens with zero attached hydrogens (tertiary/aromatic N) is 3. The second-order valence-electron chi connectivity index (χ2n) is 5.03. The summed E-state index contributed by atoms with van der Waals surface area (Å²) >= 11 is 1.69. The molecular weight excluding hydrogens is 272 g/mol. The van der Waals surface area contributed by atoms with Crippen molar-refractivity contribution in [1.82, 2.24) is 14.9 Å². The fourth-order valence-corrected chi connectivity index (χ4v) is 3.09. The zero-order chi connectivity index (χ0) is 13.9. The van der Waals surface area contributed by atoms with Gasteiger partial charge in [0.1, 0.15) is 6.10 Å². The Morgan fingerprint density at radius 1 is 1.50 bits per heavy atom. The van der Waals surface area contributed by atoms with Gasteiger partial charge in [-0.05, 0) is 19.1 Å². The average molecular weight is 290 g/mol. The molecule has 1 aliphatic heterocycles. The van der Waals surface area contributed by atoms with E-state index in [0.717, 1.165) is 43.3 Å². The molecular formula is C14H18N4OS. The molecule has 0 bridgehead atoms. The zero-order valence-corrected chi connectivity index (χ0v) is 12.3. The minimum Gasteiger partial charge on any atom is -0.399 e. The third kappa shape index (κ3) is 3.15. The minimum absolute atomic E-state index is 0.00104. The number of ether oxygens (including phenoxy) is 1. The first-order valence-electron chi connectivity index (χ1n) is 6.66.